The Kier molecular flexibility index (Phi) is 8.10. The van der Waals surface area contributed by atoms with Crippen molar-refractivity contribution in [3.05, 3.63) is 28.2 Å². The zero-order chi connectivity index (χ0) is 14.1. The molecule has 0 radical (unpaired) electrons. The highest BCUT2D eigenvalue weighted by Crippen LogP contribution is 2.23. The van der Waals surface area contributed by atoms with Crippen molar-refractivity contribution in [2.24, 2.45) is 5.92 Å². The van der Waals surface area contributed by atoms with Gasteiger partial charge in [-0.1, -0.05) is 29.8 Å². The molecule has 0 amide bonds. The first kappa shape index (κ1) is 16.5. The molecule has 4 heteroatoms. The first-order valence-corrected chi connectivity index (χ1v) is 7.65. The lowest BCUT2D eigenvalue weighted by molar-refractivity contribution is 0.252. The van der Waals surface area contributed by atoms with Crippen molar-refractivity contribution >= 4 is 15.9 Å². The first-order chi connectivity index (χ1) is 9.13. The van der Waals surface area contributed by atoms with Crippen molar-refractivity contribution in [3.8, 4) is 5.75 Å². The molecule has 0 aliphatic heterocycles. The third kappa shape index (κ3) is 6.95. The van der Waals surface area contributed by atoms with E-state index in [4.69, 9.17) is 9.84 Å². The molecule has 108 valence electrons. The molecule has 0 aromatic heterocycles. The van der Waals surface area contributed by atoms with Crippen LogP contribution >= 0.6 is 15.9 Å². The number of nitrogens with one attached hydrogen (secondary N) is 1. The van der Waals surface area contributed by atoms with Crippen LogP contribution in [-0.2, 0) is 6.54 Å². The lowest BCUT2D eigenvalue weighted by Crippen LogP contribution is -2.19. The van der Waals surface area contributed by atoms with E-state index in [0.29, 0.717) is 12.5 Å². The van der Waals surface area contributed by atoms with Crippen LogP contribution in [0.3, 0.4) is 0 Å². The number of benzene rings is 1. The summed E-state index contributed by atoms with van der Waals surface area (Å²) < 4.78 is 6.85. The van der Waals surface area contributed by atoms with Gasteiger partial charge in [0.1, 0.15) is 5.75 Å². The number of halogens is 1. The second kappa shape index (κ2) is 9.34. The van der Waals surface area contributed by atoms with Gasteiger partial charge < -0.3 is 15.2 Å². The van der Waals surface area contributed by atoms with Crippen LogP contribution in [0.25, 0.3) is 0 Å². The van der Waals surface area contributed by atoms with Crippen molar-refractivity contribution in [1.29, 1.82) is 0 Å². The van der Waals surface area contributed by atoms with Crippen LogP contribution in [0.2, 0.25) is 0 Å². The Morgan fingerprint density at radius 1 is 1.32 bits per heavy atom. The van der Waals surface area contributed by atoms with Gasteiger partial charge in [0.05, 0.1) is 6.61 Å². The van der Waals surface area contributed by atoms with Gasteiger partial charge in [-0.15, -0.1) is 0 Å². The van der Waals surface area contributed by atoms with Gasteiger partial charge in [-0.25, -0.2) is 0 Å². The molecule has 0 bridgehead atoms. The van der Waals surface area contributed by atoms with Crippen molar-refractivity contribution in [2.75, 3.05) is 19.8 Å². The van der Waals surface area contributed by atoms with Crippen LogP contribution < -0.4 is 10.1 Å². The Morgan fingerprint density at radius 2 is 2.11 bits per heavy atom. The third-order valence-electron chi connectivity index (χ3n) is 2.70. The van der Waals surface area contributed by atoms with E-state index in [1.807, 2.05) is 12.1 Å². The molecule has 0 atom stereocenters. The number of hydrogen-bond acceptors (Lipinski definition) is 3. The molecule has 19 heavy (non-hydrogen) atoms. The standard InChI is InChI=1S/C15H24BrNO2/c1-12(2)10-17-11-13-9-14(16)5-6-15(13)19-8-4-3-7-18/h5-6,9,12,17-18H,3-4,7-8,10-11H2,1-2H3. The summed E-state index contributed by atoms with van der Waals surface area (Å²) in [5.74, 6) is 1.57. The molecule has 1 aromatic rings. The Bertz CT molecular complexity index is 369. The van der Waals surface area contributed by atoms with E-state index in [2.05, 4.69) is 41.2 Å². The van der Waals surface area contributed by atoms with E-state index in [1.54, 1.807) is 0 Å². The van der Waals surface area contributed by atoms with Crippen LogP contribution in [-0.4, -0.2) is 24.9 Å². The smallest absolute Gasteiger partial charge is 0.123 e. The SMILES string of the molecule is CC(C)CNCc1cc(Br)ccc1OCCCCO. The highest BCUT2D eigenvalue weighted by Gasteiger charge is 2.05. The summed E-state index contributed by atoms with van der Waals surface area (Å²) in [5.41, 5.74) is 1.17. The highest BCUT2D eigenvalue weighted by atomic mass is 79.9. The molecule has 1 rings (SSSR count). The number of aliphatic hydroxyl groups excluding tert-OH is 1. The van der Waals surface area contributed by atoms with Gasteiger partial charge in [0.25, 0.3) is 0 Å². The van der Waals surface area contributed by atoms with E-state index >= 15 is 0 Å². The van der Waals surface area contributed by atoms with Gasteiger partial charge >= 0.3 is 0 Å². The zero-order valence-electron chi connectivity index (χ0n) is 11.8. The monoisotopic (exact) mass is 329 g/mol. The van der Waals surface area contributed by atoms with Gasteiger partial charge in [0.2, 0.25) is 0 Å². The molecule has 0 heterocycles. The summed E-state index contributed by atoms with van der Waals surface area (Å²) >= 11 is 3.49. The number of aliphatic hydroxyl groups is 1. The van der Waals surface area contributed by atoms with E-state index in [1.165, 1.54) is 5.56 Å². The Hall–Kier alpha value is -0.580. The third-order valence-corrected chi connectivity index (χ3v) is 3.19. The number of hydrogen-bond donors (Lipinski definition) is 2. The highest BCUT2D eigenvalue weighted by molar-refractivity contribution is 9.10. The maximum atomic E-state index is 8.75. The van der Waals surface area contributed by atoms with Crippen LogP contribution in [0.15, 0.2) is 22.7 Å². The fourth-order valence-electron chi connectivity index (χ4n) is 1.72. The fourth-order valence-corrected chi connectivity index (χ4v) is 2.13. The second-order valence-electron chi connectivity index (χ2n) is 5.06. The number of unbranched alkanes of at least 4 members (excludes halogenated alkanes) is 1. The Labute approximate surface area is 124 Å². The molecule has 0 unspecified atom stereocenters. The summed E-state index contributed by atoms with van der Waals surface area (Å²) in [5, 5.41) is 12.2. The van der Waals surface area contributed by atoms with Crippen molar-refractivity contribution in [3.63, 3.8) is 0 Å². The maximum Gasteiger partial charge on any atom is 0.123 e. The summed E-state index contributed by atoms with van der Waals surface area (Å²) in [7, 11) is 0. The predicted molar refractivity (Wildman–Crippen MR) is 82.5 cm³/mol. The number of ether oxygens (including phenoxy) is 1. The first-order valence-electron chi connectivity index (χ1n) is 6.86. The van der Waals surface area contributed by atoms with Gasteiger partial charge in [0, 0.05) is 23.2 Å². The average Bonchev–Trinajstić information content (AvgIpc) is 2.36. The van der Waals surface area contributed by atoms with Gasteiger partial charge in [0.15, 0.2) is 0 Å². The minimum atomic E-state index is 0.229. The van der Waals surface area contributed by atoms with Crippen molar-refractivity contribution in [2.45, 2.75) is 33.2 Å². The van der Waals surface area contributed by atoms with Crippen LogP contribution in [0.4, 0.5) is 0 Å². The molecule has 0 saturated heterocycles. The summed E-state index contributed by atoms with van der Waals surface area (Å²) in [6.45, 7) is 7.08. The topological polar surface area (TPSA) is 41.5 Å². The molecule has 0 aliphatic carbocycles. The molecule has 0 fully saturated rings. The number of rotatable bonds is 9. The molecule has 0 aliphatic rings. The molecule has 0 spiro atoms. The Balaban J connectivity index is 2.53. The minimum absolute atomic E-state index is 0.229. The second-order valence-corrected chi connectivity index (χ2v) is 5.97. The summed E-state index contributed by atoms with van der Waals surface area (Å²) in [6.07, 6.45) is 1.67. The molecule has 0 saturated carbocycles. The normalized spacial score (nSPS) is 11.0. The van der Waals surface area contributed by atoms with Crippen LogP contribution in [0.5, 0.6) is 5.75 Å². The zero-order valence-corrected chi connectivity index (χ0v) is 13.4. The van der Waals surface area contributed by atoms with Crippen LogP contribution in [0, 0.1) is 5.92 Å². The predicted octanol–water partition coefficient (Wildman–Crippen LogP) is 3.35. The van der Waals surface area contributed by atoms with Crippen molar-refractivity contribution in [1.82, 2.24) is 5.32 Å². The van der Waals surface area contributed by atoms with E-state index in [9.17, 15) is 0 Å². The molecular weight excluding hydrogens is 306 g/mol. The summed E-state index contributed by atoms with van der Waals surface area (Å²) in [6, 6.07) is 6.08. The van der Waals surface area contributed by atoms with Gasteiger partial charge in [-0.2, -0.15) is 0 Å². The van der Waals surface area contributed by atoms with E-state index < -0.39 is 0 Å². The fraction of sp³-hybridized carbons (Fsp3) is 0.600. The quantitative estimate of drug-likeness (QED) is 0.683. The van der Waals surface area contributed by atoms with E-state index in [-0.39, 0.29) is 6.61 Å². The van der Waals surface area contributed by atoms with Crippen molar-refractivity contribution < 1.29 is 9.84 Å². The molecule has 3 nitrogen and oxygen atoms in total. The van der Waals surface area contributed by atoms with Gasteiger partial charge in [-0.3, -0.25) is 0 Å². The molecular formula is C15H24BrNO2. The molecule has 1 aromatic carbocycles. The average molecular weight is 330 g/mol. The van der Waals surface area contributed by atoms with Crippen LogP contribution in [0.1, 0.15) is 32.3 Å². The minimum Gasteiger partial charge on any atom is -0.493 e. The largest absolute Gasteiger partial charge is 0.493 e. The molecule has 2 N–H and O–H groups in total. The van der Waals surface area contributed by atoms with E-state index in [0.717, 1.165) is 36.2 Å². The summed E-state index contributed by atoms with van der Waals surface area (Å²) in [4.78, 5) is 0. The lowest BCUT2D eigenvalue weighted by atomic mass is 10.2. The Morgan fingerprint density at radius 3 is 2.79 bits per heavy atom. The van der Waals surface area contributed by atoms with Gasteiger partial charge in [-0.05, 0) is 43.5 Å². The lowest BCUT2D eigenvalue weighted by Gasteiger charge is -2.13. The maximum absolute atomic E-state index is 8.75.